The molecule has 0 aliphatic heterocycles. The topological polar surface area (TPSA) is 126 Å². The van der Waals surface area contributed by atoms with Gasteiger partial charge < -0.3 is 24.9 Å². The highest BCUT2D eigenvalue weighted by molar-refractivity contribution is 6.06. The van der Waals surface area contributed by atoms with Crippen molar-refractivity contribution in [3.63, 3.8) is 0 Å². The van der Waals surface area contributed by atoms with Crippen LogP contribution < -0.4 is 20.3 Å². The van der Waals surface area contributed by atoms with E-state index in [1.165, 1.54) is 18.3 Å². The highest BCUT2D eigenvalue weighted by Gasteiger charge is 2.31. The maximum absolute atomic E-state index is 12.7. The van der Waals surface area contributed by atoms with Gasteiger partial charge in [0, 0.05) is 30.3 Å². The number of amides is 1. The molecule has 3 aromatic heterocycles. The van der Waals surface area contributed by atoms with Crippen LogP contribution in [0.3, 0.4) is 0 Å². The van der Waals surface area contributed by atoms with Crippen LogP contribution in [0.2, 0.25) is 0 Å². The number of ether oxygens (including phenoxy) is 2. The molecule has 0 saturated carbocycles. The van der Waals surface area contributed by atoms with Gasteiger partial charge in [-0.05, 0) is 62.4 Å². The highest BCUT2D eigenvalue weighted by Crippen LogP contribution is 2.32. The van der Waals surface area contributed by atoms with Crippen LogP contribution in [-0.2, 0) is 0 Å². The zero-order valence-electron chi connectivity index (χ0n) is 19.5. The second kappa shape index (κ2) is 11.7. The number of hydrogen-bond acceptors (Lipinski definition) is 7. The minimum atomic E-state index is -4.93. The number of nitrogens with one attached hydrogen (secondary N) is 2. The second-order valence-corrected chi connectivity index (χ2v) is 7.40. The Morgan fingerprint density at radius 1 is 0.973 bits per heavy atom. The zero-order chi connectivity index (χ0) is 27.0. The largest absolute Gasteiger partial charge is 0.573 e. The maximum Gasteiger partial charge on any atom is 0.573 e. The van der Waals surface area contributed by atoms with Gasteiger partial charge in [-0.1, -0.05) is 0 Å². The molecule has 4 aromatic rings. The van der Waals surface area contributed by atoms with Gasteiger partial charge in [0.25, 0.3) is 5.91 Å². The molecule has 9 nitrogen and oxygen atoms in total. The SMILES string of the molecule is Cc1ncccc1O.Cc1ncccc1Oc1ccc(OC(F)(F)F)cc1C(=O)Nc1cc[nH]c(=O)c1. The summed E-state index contributed by atoms with van der Waals surface area (Å²) in [5, 5.41) is 11.3. The third kappa shape index (κ3) is 8.09. The number of carbonyl (C=O) groups excluding carboxylic acids is 1. The number of hydrogen-bond donors (Lipinski definition) is 3. The molecule has 12 heteroatoms. The average molecular weight is 514 g/mol. The summed E-state index contributed by atoms with van der Waals surface area (Å²) in [5.74, 6) is -0.823. The Balaban J connectivity index is 0.000000405. The number of benzene rings is 1. The molecule has 0 unspecified atom stereocenters. The predicted octanol–water partition coefficient (Wildman–Crippen LogP) is 5.12. The van der Waals surface area contributed by atoms with Gasteiger partial charge in [0.2, 0.25) is 5.56 Å². The fourth-order valence-corrected chi connectivity index (χ4v) is 2.87. The van der Waals surface area contributed by atoms with Crippen molar-refractivity contribution in [3.8, 4) is 23.0 Å². The van der Waals surface area contributed by atoms with Crippen LogP contribution in [0.5, 0.6) is 23.0 Å². The summed E-state index contributed by atoms with van der Waals surface area (Å²) < 4.78 is 47.3. The molecule has 0 saturated heterocycles. The van der Waals surface area contributed by atoms with E-state index in [4.69, 9.17) is 9.84 Å². The molecule has 0 atom stereocenters. The summed E-state index contributed by atoms with van der Waals surface area (Å²) in [5.41, 5.74) is 0.663. The summed E-state index contributed by atoms with van der Waals surface area (Å²) >= 11 is 0. The summed E-state index contributed by atoms with van der Waals surface area (Å²) in [4.78, 5) is 34.3. The van der Waals surface area contributed by atoms with Crippen LogP contribution in [0.25, 0.3) is 0 Å². The number of carbonyl (C=O) groups is 1. The first kappa shape index (κ1) is 26.7. The van der Waals surface area contributed by atoms with E-state index in [9.17, 15) is 22.8 Å². The molecule has 0 fully saturated rings. The molecule has 0 aliphatic rings. The smallest absolute Gasteiger partial charge is 0.506 e. The average Bonchev–Trinajstić information content (AvgIpc) is 2.83. The second-order valence-electron chi connectivity index (χ2n) is 7.40. The third-order valence-electron chi connectivity index (χ3n) is 4.62. The number of pyridine rings is 3. The number of rotatable bonds is 5. The molecule has 0 radical (unpaired) electrons. The quantitative estimate of drug-likeness (QED) is 0.338. The van der Waals surface area contributed by atoms with Crippen LogP contribution in [-0.4, -0.2) is 32.3 Å². The monoisotopic (exact) mass is 514 g/mol. The summed E-state index contributed by atoms with van der Waals surface area (Å²) in [7, 11) is 0. The van der Waals surface area contributed by atoms with E-state index in [0.717, 1.165) is 18.2 Å². The van der Waals surface area contributed by atoms with Crippen LogP contribution in [0.4, 0.5) is 18.9 Å². The van der Waals surface area contributed by atoms with Gasteiger partial charge in [0.05, 0.1) is 17.0 Å². The van der Waals surface area contributed by atoms with E-state index in [0.29, 0.717) is 17.1 Å². The van der Waals surface area contributed by atoms with Crippen LogP contribution >= 0.6 is 0 Å². The first-order valence-electron chi connectivity index (χ1n) is 10.6. The van der Waals surface area contributed by atoms with Crippen molar-refractivity contribution >= 4 is 11.6 Å². The molecule has 0 spiro atoms. The van der Waals surface area contributed by atoms with E-state index in [-0.39, 0.29) is 22.7 Å². The number of aryl methyl sites for hydroxylation is 2. The van der Waals surface area contributed by atoms with Crippen molar-refractivity contribution in [3.05, 3.63) is 100 Å². The minimum Gasteiger partial charge on any atom is -0.506 e. The van der Waals surface area contributed by atoms with Crippen LogP contribution in [0, 0.1) is 13.8 Å². The molecule has 37 heavy (non-hydrogen) atoms. The number of halogens is 3. The van der Waals surface area contributed by atoms with Crippen LogP contribution in [0.15, 0.2) is 78.0 Å². The van der Waals surface area contributed by atoms with Crippen molar-refractivity contribution in [1.29, 1.82) is 0 Å². The van der Waals surface area contributed by atoms with Gasteiger partial charge >= 0.3 is 6.36 Å². The Morgan fingerprint density at radius 2 is 1.68 bits per heavy atom. The lowest BCUT2D eigenvalue weighted by Gasteiger charge is -2.15. The highest BCUT2D eigenvalue weighted by atomic mass is 19.4. The molecule has 4 rings (SSSR count). The number of aromatic nitrogens is 3. The van der Waals surface area contributed by atoms with Gasteiger partial charge in [0.1, 0.15) is 23.0 Å². The normalized spacial score (nSPS) is 10.6. The molecular formula is C25H21F3N4O5. The Labute approximate surface area is 208 Å². The lowest BCUT2D eigenvalue weighted by atomic mass is 10.1. The van der Waals surface area contributed by atoms with Crippen molar-refractivity contribution < 1.29 is 32.5 Å². The fourth-order valence-electron chi connectivity index (χ4n) is 2.87. The first-order chi connectivity index (χ1) is 17.5. The van der Waals surface area contributed by atoms with E-state index >= 15 is 0 Å². The summed E-state index contributed by atoms with van der Waals surface area (Å²) in [6.07, 6.45) is -0.418. The number of nitrogens with zero attached hydrogens (tertiary/aromatic N) is 2. The Hall–Kier alpha value is -4.87. The number of H-pyrrole nitrogens is 1. The number of aromatic hydroxyl groups is 1. The predicted molar refractivity (Wildman–Crippen MR) is 128 cm³/mol. The molecule has 192 valence electrons. The molecule has 3 N–H and O–H groups in total. The molecular weight excluding hydrogens is 493 g/mol. The van der Waals surface area contributed by atoms with Gasteiger partial charge in [-0.25, -0.2) is 0 Å². The zero-order valence-corrected chi connectivity index (χ0v) is 19.5. The minimum absolute atomic E-state index is 0.0158. The first-order valence-corrected chi connectivity index (χ1v) is 10.6. The van der Waals surface area contributed by atoms with E-state index in [1.54, 1.807) is 50.5 Å². The van der Waals surface area contributed by atoms with Gasteiger partial charge in [0.15, 0.2) is 0 Å². The van der Waals surface area contributed by atoms with Crippen molar-refractivity contribution in [2.75, 3.05) is 5.32 Å². The van der Waals surface area contributed by atoms with E-state index in [2.05, 4.69) is 25.0 Å². The fraction of sp³-hybridized carbons (Fsp3) is 0.120. The van der Waals surface area contributed by atoms with Crippen LogP contribution in [0.1, 0.15) is 21.7 Å². The Morgan fingerprint density at radius 3 is 2.27 bits per heavy atom. The van der Waals surface area contributed by atoms with Gasteiger partial charge in [-0.2, -0.15) is 0 Å². The van der Waals surface area contributed by atoms with Crippen molar-refractivity contribution in [2.45, 2.75) is 20.2 Å². The van der Waals surface area contributed by atoms with Gasteiger partial charge in [-0.15, -0.1) is 13.2 Å². The summed E-state index contributed by atoms with van der Waals surface area (Å²) in [6.45, 7) is 3.43. The number of aromatic amines is 1. The molecule has 3 heterocycles. The molecule has 0 bridgehead atoms. The molecule has 0 aliphatic carbocycles. The molecule has 1 aromatic carbocycles. The van der Waals surface area contributed by atoms with Gasteiger partial charge in [-0.3, -0.25) is 19.6 Å². The van der Waals surface area contributed by atoms with Crippen molar-refractivity contribution in [2.24, 2.45) is 0 Å². The lowest BCUT2D eigenvalue weighted by molar-refractivity contribution is -0.274. The van der Waals surface area contributed by atoms with E-state index < -0.39 is 23.6 Å². The third-order valence-corrected chi connectivity index (χ3v) is 4.62. The summed E-state index contributed by atoms with van der Waals surface area (Å²) in [6, 6.07) is 12.2. The number of alkyl halides is 3. The molecule has 1 amide bonds. The standard InChI is InChI=1S/C19H14F3N3O4.C6H7NO/c1-11-15(3-2-7-23-11)28-16-5-4-13(29-19(20,21)22)10-14(16)18(27)25-12-6-8-24-17(26)9-12;1-5-6(8)3-2-4-7-5/h2-10H,1H3,(H2,24,25,26,27);2-4,8H,1H3. The van der Waals surface area contributed by atoms with E-state index in [1.807, 2.05) is 0 Å². The number of anilines is 1. The Bertz CT molecular complexity index is 1420. The van der Waals surface area contributed by atoms with Crippen molar-refractivity contribution in [1.82, 2.24) is 15.0 Å². The Kier molecular flexibility index (Phi) is 8.46. The lowest BCUT2D eigenvalue weighted by Crippen LogP contribution is -2.19. The maximum atomic E-state index is 12.7.